The monoisotopic (exact) mass is 338 g/mol. The van der Waals surface area contributed by atoms with Crippen molar-refractivity contribution in [2.75, 3.05) is 29.5 Å². The first-order valence-electron chi connectivity index (χ1n) is 8.10. The van der Waals surface area contributed by atoms with Gasteiger partial charge in [-0.3, -0.25) is 4.79 Å². The van der Waals surface area contributed by atoms with Gasteiger partial charge in [0.05, 0.1) is 5.75 Å². The second-order valence-corrected chi connectivity index (χ2v) is 8.78. The molecule has 0 fully saturated rings. The quantitative estimate of drug-likeness (QED) is 0.820. The molecular formula is C17H26N2O3S. The summed E-state index contributed by atoms with van der Waals surface area (Å²) in [4.78, 5) is 14.1. The fourth-order valence-electron chi connectivity index (χ4n) is 3.10. The molecule has 1 N–H and O–H groups in total. The summed E-state index contributed by atoms with van der Waals surface area (Å²) in [5.74, 6) is -0.741. The Bertz CT molecular complexity index is 656. The summed E-state index contributed by atoms with van der Waals surface area (Å²) >= 11 is 0. The lowest BCUT2D eigenvalue weighted by atomic mass is 10.1. The van der Waals surface area contributed by atoms with Gasteiger partial charge in [0.2, 0.25) is 5.91 Å². The minimum atomic E-state index is -3.31. The summed E-state index contributed by atoms with van der Waals surface area (Å²) in [7, 11) is -3.31. The lowest BCUT2D eigenvalue weighted by molar-refractivity contribution is -0.118. The normalized spacial score (nSPS) is 17.4. The molecule has 1 amide bonds. The number of sulfone groups is 1. The molecule has 0 aliphatic carbocycles. The Balaban J connectivity index is 1.82. The number of nitrogens with zero attached hydrogens (tertiary/aromatic N) is 1. The van der Waals surface area contributed by atoms with Gasteiger partial charge in [0.25, 0.3) is 0 Å². The number of carbonyl (C=O) groups excluding carboxylic acids is 1. The molecule has 1 atom stereocenters. The summed E-state index contributed by atoms with van der Waals surface area (Å²) in [5, 5.41) is 2.73. The van der Waals surface area contributed by atoms with E-state index in [1.165, 1.54) is 11.3 Å². The first kappa shape index (κ1) is 17.8. The highest BCUT2D eigenvalue weighted by Gasteiger charge is 2.25. The molecule has 0 radical (unpaired) electrons. The van der Waals surface area contributed by atoms with Crippen molar-refractivity contribution in [3.63, 3.8) is 0 Å². The highest BCUT2D eigenvalue weighted by atomic mass is 32.2. The predicted molar refractivity (Wildman–Crippen MR) is 93.5 cm³/mol. The van der Waals surface area contributed by atoms with Crippen molar-refractivity contribution in [2.24, 2.45) is 5.92 Å². The Hall–Kier alpha value is -1.56. The van der Waals surface area contributed by atoms with Crippen LogP contribution >= 0.6 is 0 Å². The number of rotatable bonds is 7. The topological polar surface area (TPSA) is 66.5 Å². The van der Waals surface area contributed by atoms with Crippen molar-refractivity contribution >= 4 is 21.4 Å². The number of hydrogen-bond acceptors (Lipinski definition) is 4. The number of amides is 1. The zero-order valence-corrected chi connectivity index (χ0v) is 14.9. The molecule has 1 aliphatic rings. The van der Waals surface area contributed by atoms with Crippen LogP contribution in [0.5, 0.6) is 0 Å². The summed E-state index contributed by atoms with van der Waals surface area (Å²) in [6.45, 7) is 6.97. The SMILES string of the molecule is CC(C)CS(=O)(=O)CC(=O)NCCN1c2ccccc2CC1C. The van der Waals surface area contributed by atoms with E-state index >= 15 is 0 Å². The predicted octanol–water partition coefficient (Wildman–Crippen LogP) is 1.62. The Labute approximate surface area is 139 Å². The third kappa shape index (κ3) is 4.96. The molecule has 128 valence electrons. The number of hydrogen-bond donors (Lipinski definition) is 1. The summed E-state index contributed by atoms with van der Waals surface area (Å²) in [6, 6.07) is 8.67. The average molecular weight is 338 g/mol. The van der Waals surface area contributed by atoms with Crippen LogP contribution in [0.25, 0.3) is 0 Å². The van der Waals surface area contributed by atoms with Crippen molar-refractivity contribution in [1.29, 1.82) is 0 Å². The second kappa shape index (κ2) is 7.34. The second-order valence-electron chi connectivity index (χ2n) is 6.67. The van der Waals surface area contributed by atoms with Crippen LogP contribution < -0.4 is 10.2 Å². The van der Waals surface area contributed by atoms with Crippen LogP contribution in [0.1, 0.15) is 26.3 Å². The van der Waals surface area contributed by atoms with E-state index in [0.717, 1.165) is 6.42 Å². The van der Waals surface area contributed by atoms with Crippen LogP contribution in [-0.4, -0.2) is 45.0 Å². The van der Waals surface area contributed by atoms with Crippen LogP contribution in [-0.2, 0) is 21.1 Å². The zero-order valence-electron chi connectivity index (χ0n) is 14.1. The smallest absolute Gasteiger partial charge is 0.235 e. The first-order valence-corrected chi connectivity index (χ1v) is 9.92. The number of anilines is 1. The molecule has 0 bridgehead atoms. The molecule has 0 aromatic heterocycles. The number of benzene rings is 1. The van der Waals surface area contributed by atoms with Gasteiger partial charge in [0, 0.05) is 24.8 Å². The van der Waals surface area contributed by atoms with E-state index in [1.54, 1.807) is 0 Å². The maximum absolute atomic E-state index is 11.8. The van der Waals surface area contributed by atoms with E-state index < -0.39 is 21.5 Å². The van der Waals surface area contributed by atoms with Gasteiger partial charge in [-0.25, -0.2) is 8.42 Å². The highest BCUT2D eigenvalue weighted by Crippen LogP contribution is 2.31. The van der Waals surface area contributed by atoms with E-state index in [4.69, 9.17) is 0 Å². The first-order chi connectivity index (χ1) is 10.8. The lowest BCUT2D eigenvalue weighted by Gasteiger charge is -2.25. The maximum Gasteiger partial charge on any atom is 0.235 e. The van der Waals surface area contributed by atoms with Gasteiger partial charge >= 0.3 is 0 Å². The summed E-state index contributed by atoms with van der Waals surface area (Å²) in [5.41, 5.74) is 2.53. The summed E-state index contributed by atoms with van der Waals surface area (Å²) < 4.78 is 23.6. The number of carbonyl (C=O) groups is 1. The van der Waals surface area contributed by atoms with Gasteiger partial charge in [-0.15, -0.1) is 0 Å². The van der Waals surface area contributed by atoms with Gasteiger partial charge in [-0.05, 0) is 30.9 Å². The standard InChI is InChI=1S/C17H26N2O3S/c1-13(2)11-23(21,22)12-17(20)18-8-9-19-14(3)10-15-6-4-5-7-16(15)19/h4-7,13-14H,8-12H2,1-3H3,(H,18,20). The third-order valence-corrected chi connectivity index (χ3v) is 5.84. The minimum Gasteiger partial charge on any atom is -0.367 e. The number of para-hydroxylation sites is 1. The fourth-order valence-corrected chi connectivity index (χ4v) is 4.74. The lowest BCUT2D eigenvalue weighted by Crippen LogP contribution is -2.40. The highest BCUT2D eigenvalue weighted by molar-refractivity contribution is 7.92. The van der Waals surface area contributed by atoms with Crippen molar-refractivity contribution < 1.29 is 13.2 Å². The van der Waals surface area contributed by atoms with Crippen molar-refractivity contribution in [2.45, 2.75) is 33.2 Å². The Kier molecular flexibility index (Phi) is 5.68. The molecular weight excluding hydrogens is 312 g/mol. The van der Waals surface area contributed by atoms with Crippen LogP contribution in [0.3, 0.4) is 0 Å². The fraction of sp³-hybridized carbons (Fsp3) is 0.588. The molecule has 0 spiro atoms. The maximum atomic E-state index is 11.8. The Morgan fingerprint density at radius 3 is 2.74 bits per heavy atom. The Morgan fingerprint density at radius 1 is 1.35 bits per heavy atom. The minimum absolute atomic E-state index is 0.0368. The molecule has 1 aliphatic heterocycles. The average Bonchev–Trinajstić information content (AvgIpc) is 2.73. The molecule has 1 heterocycles. The third-order valence-electron chi connectivity index (χ3n) is 3.96. The van der Waals surface area contributed by atoms with Crippen molar-refractivity contribution in [1.82, 2.24) is 5.32 Å². The van der Waals surface area contributed by atoms with Gasteiger partial charge in [0.1, 0.15) is 5.75 Å². The molecule has 1 aromatic rings. The number of nitrogens with one attached hydrogen (secondary N) is 1. The molecule has 0 saturated carbocycles. The largest absolute Gasteiger partial charge is 0.367 e. The zero-order chi connectivity index (χ0) is 17.0. The van der Waals surface area contributed by atoms with Crippen LogP contribution in [0.2, 0.25) is 0 Å². The molecule has 1 unspecified atom stereocenters. The van der Waals surface area contributed by atoms with Gasteiger partial charge in [0.15, 0.2) is 9.84 Å². The van der Waals surface area contributed by atoms with Gasteiger partial charge in [-0.1, -0.05) is 32.0 Å². The van der Waals surface area contributed by atoms with E-state index in [2.05, 4.69) is 29.3 Å². The van der Waals surface area contributed by atoms with E-state index in [-0.39, 0.29) is 11.7 Å². The van der Waals surface area contributed by atoms with Crippen molar-refractivity contribution in [3.8, 4) is 0 Å². The van der Waals surface area contributed by atoms with E-state index in [1.807, 2.05) is 26.0 Å². The molecule has 1 aromatic carbocycles. The number of fused-ring (bicyclic) bond motifs is 1. The van der Waals surface area contributed by atoms with E-state index in [0.29, 0.717) is 19.1 Å². The molecule has 0 saturated heterocycles. The molecule has 2 rings (SSSR count). The Morgan fingerprint density at radius 2 is 2.04 bits per heavy atom. The van der Waals surface area contributed by atoms with Gasteiger partial charge < -0.3 is 10.2 Å². The van der Waals surface area contributed by atoms with Crippen LogP contribution in [0.15, 0.2) is 24.3 Å². The van der Waals surface area contributed by atoms with Crippen LogP contribution in [0, 0.1) is 5.92 Å². The summed E-state index contributed by atoms with van der Waals surface area (Å²) in [6.07, 6.45) is 1.01. The van der Waals surface area contributed by atoms with Gasteiger partial charge in [-0.2, -0.15) is 0 Å². The van der Waals surface area contributed by atoms with Crippen molar-refractivity contribution in [3.05, 3.63) is 29.8 Å². The molecule has 23 heavy (non-hydrogen) atoms. The molecule has 5 nitrogen and oxygen atoms in total. The van der Waals surface area contributed by atoms with Crippen LogP contribution in [0.4, 0.5) is 5.69 Å². The molecule has 6 heteroatoms. The van der Waals surface area contributed by atoms with E-state index in [9.17, 15) is 13.2 Å².